The molecule has 2 aromatic rings. The second-order valence-electron chi connectivity index (χ2n) is 7.48. The molecule has 146 valence electrons. The summed E-state index contributed by atoms with van der Waals surface area (Å²) >= 11 is 0. The fourth-order valence-corrected chi connectivity index (χ4v) is 4.09. The smallest absolute Gasteiger partial charge is 0.269 e. The van der Waals surface area contributed by atoms with Crippen LogP contribution in [0.2, 0.25) is 0 Å². The number of benzene rings is 2. The van der Waals surface area contributed by atoms with Crippen LogP contribution in [-0.4, -0.2) is 16.5 Å². The van der Waals surface area contributed by atoms with Crippen LogP contribution in [0.5, 0.6) is 0 Å². The Kier molecular flexibility index (Phi) is 6.69. The summed E-state index contributed by atoms with van der Waals surface area (Å²) in [6.07, 6.45) is 5.40. The fourth-order valence-electron chi connectivity index (χ4n) is 4.09. The average Bonchev–Trinajstić information content (AvgIpc) is 2.70. The molecule has 5 nitrogen and oxygen atoms in total. The molecule has 1 saturated carbocycles. The van der Waals surface area contributed by atoms with E-state index in [-0.39, 0.29) is 35.5 Å². The van der Waals surface area contributed by atoms with Gasteiger partial charge in [0.1, 0.15) is 5.78 Å². The van der Waals surface area contributed by atoms with E-state index in [4.69, 9.17) is 0 Å². The number of nitro groups is 1. The molecule has 0 saturated heterocycles. The van der Waals surface area contributed by atoms with E-state index in [1.807, 2.05) is 24.3 Å². The molecule has 1 aliphatic rings. The van der Waals surface area contributed by atoms with E-state index in [0.29, 0.717) is 17.5 Å². The van der Waals surface area contributed by atoms with Crippen molar-refractivity contribution in [2.75, 3.05) is 0 Å². The summed E-state index contributed by atoms with van der Waals surface area (Å²) in [4.78, 5) is 36.6. The third-order valence-electron chi connectivity index (χ3n) is 5.60. The lowest BCUT2D eigenvalue weighted by molar-refractivity contribution is -0.384. The largest absolute Gasteiger partial charge is 0.299 e. The van der Waals surface area contributed by atoms with E-state index < -0.39 is 4.92 Å². The molecular formula is C23H25NO4. The number of carbonyl (C=O) groups excluding carboxylic acids is 2. The van der Waals surface area contributed by atoms with Crippen LogP contribution in [0.1, 0.15) is 66.8 Å². The number of nitro benzene ring substituents is 1. The predicted molar refractivity (Wildman–Crippen MR) is 107 cm³/mol. The van der Waals surface area contributed by atoms with Crippen LogP contribution in [0.25, 0.3) is 0 Å². The van der Waals surface area contributed by atoms with E-state index in [1.165, 1.54) is 12.1 Å². The number of rotatable bonds is 6. The molecule has 5 heteroatoms. The first kappa shape index (κ1) is 19.9. The second-order valence-corrected chi connectivity index (χ2v) is 7.48. The predicted octanol–water partition coefficient (Wildman–Crippen LogP) is 5.49. The SMILES string of the molecule is O=C(C[C@@H](c1cccc([N+](=O)[O-])c1)[C@H]1CCCCCCC1=O)c1ccccc1. The Morgan fingerprint density at radius 1 is 1.04 bits per heavy atom. The van der Waals surface area contributed by atoms with Crippen LogP contribution in [0.4, 0.5) is 5.69 Å². The first-order valence-electron chi connectivity index (χ1n) is 9.91. The zero-order chi connectivity index (χ0) is 19.9. The quantitative estimate of drug-likeness (QED) is 0.378. The molecule has 0 unspecified atom stereocenters. The average molecular weight is 379 g/mol. The molecule has 0 heterocycles. The van der Waals surface area contributed by atoms with Crippen molar-refractivity contribution in [3.05, 3.63) is 75.8 Å². The molecule has 0 aliphatic heterocycles. The van der Waals surface area contributed by atoms with Crippen molar-refractivity contribution >= 4 is 17.3 Å². The van der Waals surface area contributed by atoms with E-state index in [0.717, 1.165) is 32.1 Å². The van der Waals surface area contributed by atoms with Crippen LogP contribution in [-0.2, 0) is 4.79 Å². The molecule has 2 aromatic carbocycles. The molecule has 0 aromatic heterocycles. The van der Waals surface area contributed by atoms with E-state index in [1.54, 1.807) is 18.2 Å². The minimum atomic E-state index is -0.431. The maximum atomic E-state index is 12.9. The van der Waals surface area contributed by atoms with Gasteiger partial charge in [0.25, 0.3) is 5.69 Å². The Morgan fingerprint density at radius 2 is 1.79 bits per heavy atom. The molecule has 0 N–H and O–H groups in total. The molecule has 0 bridgehead atoms. The first-order valence-corrected chi connectivity index (χ1v) is 9.91. The normalized spacial score (nSPS) is 18.7. The van der Waals surface area contributed by atoms with Crippen molar-refractivity contribution in [1.82, 2.24) is 0 Å². The molecule has 1 fully saturated rings. The number of hydrogen-bond acceptors (Lipinski definition) is 4. The van der Waals surface area contributed by atoms with Gasteiger partial charge >= 0.3 is 0 Å². The lowest BCUT2D eigenvalue weighted by Crippen LogP contribution is -2.26. The zero-order valence-corrected chi connectivity index (χ0v) is 15.9. The van der Waals surface area contributed by atoms with Gasteiger partial charge in [0.2, 0.25) is 0 Å². The highest BCUT2D eigenvalue weighted by molar-refractivity contribution is 5.97. The van der Waals surface area contributed by atoms with Gasteiger partial charge in [-0.15, -0.1) is 0 Å². The minimum Gasteiger partial charge on any atom is -0.299 e. The molecule has 0 radical (unpaired) electrons. The fraction of sp³-hybridized carbons (Fsp3) is 0.391. The number of nitrogens with zero attached hydrogens (tertiary/aromatic N) is 1. The zero-order valence-electron chi connectivity index (χ0n) is 15.9. The molecular weight excluding hydrogens is 354 g/mol. The van der Waals surface area contributed by atoms with Crippen LogP contribution in [0.3, 0.4) is 0 Å². The molecule has 0 amide bonds. The Labute approximate surface area is 164 Å². The summed E-state index contributed by atoms with van der Waals surface area (Å²) in [5.74, 6) is -0.461. The molecule has 28 heavy (non-hydrogen) atoms. The lowest BCUT2D eigenvalue weighted by atomic mass is 9.75. The van der Waals surface area contributed by atoms with Crippen molar-refractivity contribution in [3.8, 4) is 0 Å². The van der Waals surface area contributed by atoms with Gasteiger partial charge in [-0.05, 0) is 18.4 Å². The Balaban J connectivity index is 1.95. The van der Waals surface area contributed by atoms with E-state index in [2.05, 4.69) is 0 Å². The summed E-state index contributed by atoms with van der Waals surface area (Å²) in [6, 6.07) is 15.4. The third-order valence-corrected chi connectivity index (χ3v) is 5.60. The third kappa shape index (κ3) is 4.91. The Morgan fingerprint density at radius 3 is 2.54 bits per heavy atom. The maximum absolute atomic E-state index is 12.9. The summed E-state index contributed by atoms with van der Waals surface area (Å²) < 4.78 is 0. The van der Waals surface area contributed by atoms with Gasteiger partial charge in [0.15, 0.2) is 5.78 Å². The van der Waals surface area contributed by atoms with Gasteiger partial charge in [0.05, 0.1) is 4.92 Å². The van der Waals surface area contributed by atoms with Crippen LogP contribution in [0.15, 0.2) is 54.6 Å². The topological polar surface area (TPSA) is 77.3 Å². The summed E-state index contributed by atoms with van der Waals surface area (Å²) in [5.41, 5.74) is 1.31. The molecule has 1 aliphatic carbocycles. The van der Waals surface area contributed by atoms with Crippen LogP contribution in [0, 0.1) is 16.0 Å². The molecule has 3 rings (SSSR count). The molecule has 0 spiro atoms. The van der Waals surface area contributed by atoms with Gasteiger partial charge in [-0.3, -0.25) is 19.7 Å². The standard InChI is InChI=1S/C23H25NO4/c25-22-14-7-2-1-6-13-20(22)21(16-23(26)17-9-4-3-5-10-17)18-11-8-12-19(15-18)24(27)28/h3-5,8-12,15,20-21H,1-2,6-7,13-14,16H2/t20-,21+/m1/s1. The number of non-ortho nitro benzene ring substituents is 1. The van der Waals surface area contributed by atoms with Crippen LogP contribution >= 0.6 is 0 Å². The van der Waals surface area contributed by atoms with Crippen molar-refractivity contribution in [2.24, 2.45) is 5.92 Å². The van der Waals surface area contributed by atoms with E-state index in [9.17, 15) is 19.7 Å². The minimum absolute atomic E-state index is 0.00652. The van der Waals surface area contributed by atoms with Crippen molar-refractivity contribution in [3.63, 3.8) is 0 Å². The number of ketones is 2. The highest BCUT2D eigenvalue weighted by atomic mass is 16.6. The van der Waals surface area contributed by atoms with E-state index >= 15 is 0 Å². The number of Topliss-reactive ketones (excluding diaryl/α,β-unsaturated/α-hetero) is 2. The first-order chi connectivity index (χ1) is 13.6. The Bertz CT molecular complexity index is 847. The van der Waals surface area contributed by atoms with Gasteiger partial charge in [-0.25, -0.2) is 0 Å². The van der Waals surface area contributed by atoms with Gasteiger partial charge in [-0.1, -0.05) is 61.7 Å². The molecule has 2 atom stereocenters. The maximum Gasteiger partial charge on any atom is 0.269 e. The summed E-state index contributed by atoms with van der Waals surface area (Å²) in [6.45, 7) is 0. The second kappa shape index (κ2) is 9.40. The summed E-state index contributed by atoms with van der Waals surface area (Å²) in [5, 5.41) is 11.2. The lowest BCUT2D eigenvalue weighted by Gasteiger charge is -2.28. The Hall–Kier alpha value is -2.82. The highest BCUT2D eigenvalue weighted by Crippen LogP contribution is 2.37. The summed E-state index contributed by atoms with van der Waals surface area (Å²) in [7, 11) is 0. The monoisotopic (exact) mass is 379 g/mol. The van der Waals surface area contributed by atoms with Crippen molar-refractivity contribution in [1.29, 1.82) is 0 Å². The van der Waals surface area contributed by atoms with Gasteiger partial charge in [0, 0.05) is 42.4 Å². The highest BCUT2D eigenvalue weighted by Gasteiger charge is 2.32. The van der Waals surface area contributed by atoms with Crippen molar-refractivity contribution < 1.29 is 14.5 Å². The number of hydrogen-bond donors (Lipinski definition) is 0. The van der Waals surface area contributed by atoms with Gasteiger partial charge < -0.3 is 0 Å². The van der Waals surface area contributed by atoms with Gasteiger partial charge in [-0.2, -0.15) is 0 Å². The van der Waals surface area contributed by atoms with Crippen molar-refractivity contribution in [2.45, 2.75) is 50.9 Å². The van der Waals surface area contributed by atoms with Crippen LogP contribution < -0.4 is 0 Å². The number of carbonyl (C=O) groups is 2.